The summed E-state index contributed by atoms with van der Waals surface area (Å²) in [6.45, 7) is 2.34. The third-order valence-corrected chi connectivity index (χ3v) is 5.14. The molecule has 3 aromatic rings. The van der Waals surface area contributed by atoms with Gasteiger partial charge >= 0.3 is 6.18 Å². The van der Waals surface area contributed by atoms with Gasteiger partial charge in [0.2, 0.25) is 0 Å². The quantitative estimate of drug-likeness (QED) is 0.637. The number of benzene rings is 2. The van der Waals surface area contributed by atoms with E-state index in [0.29, 0.717) is 5.56 Å². The van der Waals surface area contributed by atoms with Crippen molar-refractivity contribution in [1.82, 2.24) is 14.7 Å². The number of rotatable bonds is 3. The number of hydrogen-bond donors (Lipinski definition) is 0. The van der Waals surface area contributed by atoms with Gasteiger partial charge in [0.05, 0.1) is 30.6 Å². The summed E-state index contributed by atoms with van der Waals surface area (Å²) in [7, 11) is 0. The molecule has 2 aromatic carbocycles. The minimum atomic E-state index is -4.74. The van der Waals surface area contributed by atoms with Gasteiger partial charge in [0.15, 0.2) is 5.69 Å². The van der Waals surface area contributed by atoms with Crippen LogP contribution in [0.4, 0.5) is 13.2 Å². The molecule has 0 radical (unpaired) electrons. The SMILES string of the molecule is Cc1ccccc1-n1ncc(C(=O)N2CCO[C@H](c3ccccc3)C2)c1C(F)(F)F. The molecule has 0 bridgehead atoms. The Hall–Kier alpha value is -3.13. The number of aromatic nitrogens is 2. The molecule has 1 aliphatic rings. The third kappa shape index (κ3) is 3.82. The number of amides is 1. The van der Waals surface area contributed by atoms with Gasteiger partial charge in [-0.1, -0.05) is 48.5 Å². The number of morpholine rings is 1. The van der Waals surface area contributed by atoms with Crippen LogP contribution in [0.2, 0.25) is 0 Å². The lowest BCUT2D eigenvalue weighted by Gasteiger charge is -2.33. The van der Waals surface area contributed by atoms with E-state index in [1.165, 1.54) is 4.90 Å². The van der Waals surface area contributed by atoms with Crippen LogP contribution in [-0.2, 0) is 10.9 Å². The lowest BCUT2D eigenvalue weighted by molar-refractivity contribution is -0.143. The molecule has 1 fully saturated rings. The Bertz CT molecular complexity index is 1050. The maximum Gasteiger partial charge on any atom is 0.434 e. The van der Waals surface area contributed by atoms with E-state index in [9.17, 15) is 18.0 Å². The number of halogens is 3. The maximum atomic E-state index is 14.0. The number of carbonyl (C=O) groups is 1. The molecule has 1 saturated heterocycles. The molecule has 0 saturated carbocycles. The summed E-state index contributed by atoms with van der Waals surface area (Å²) in [5.74, 6) is -0.702. The summed E-state index contributed by atoms with van der Waals surface area (Å²) < 4.78 is 48.5. The maximum absolute atomic E-state index is 14.0. The molecular weight excluding hydrogens is 395 g/mol. The summed E-state index contributed by atoms with van der Waals surface area (Å²) in [5, 5.41) is 3.92. The van der Waals surface area contributed by atoms with Crippen LogP contribution in [-0.4, -0.2) is 40.3 Å². The summed E-state index contributed by atoms with van der Waals surface area (Å²) >= 11 is 0. The van der Waals surface area contributed by atoms with Crippen LogP contribution in [0.1, 0.15) is 33.3 Å². The van der Waals surface area contributed by atoms with Gasteiger partial charge in [-0.3, -0.25) is 4.79 Å². The standard InChI is InChI=1S/C22H20F3N3O2/c1-15-7-5-6-10-18(15)28-20(22(23,24)25)17(13-26-28)21(29)27-11-12-30-19(14-27)16-8-3-2-4-9-16/h2-10,13,19H,11-12,14H2,1H3/t19-/m0/s1. The predicted molar refractivity (Wildman–Crippen MR) is 104 cm³/mol. The Labute approximate surface area is 171 Å². The number of hydrogen-bond acceptors (Lipinski definition) is 3. The van der Waals surface area contributed by atoms with Crippen LogP contribution in [0, 0.1) is 6.92 Å². The first kappa shape index (κ1) is 20.2. The van der Waals surface area contributed by atoms with Gasteiger partial charge in [0.1, 0.15) is 6.10 Å². The van der Waals surface area contributed by atoms with Crippen molar-refractivity contribution < 1.29 is 22.7 Å². The molecule has 1 aromatic heterocycles. The van der Waals surface area contributed by atoms with Crippen molar-refractivity contribution in [3.63, 3.8) is 0 Å². The van der Waals surface area contributed by atoms with Crippen LogP contribution in [0.3, 0.4) is 0 Å². The number of alkyl halides is 3. The van der Waals surface area contributed by atoms with Gasteiger partial charge in [-0.25, -0.2) is 4.68 Å². The van der Waals surface area contributed by atoms with Crippen molar-refractivity contribution >= 4 is 5.91 Å². The largest absolute Gasteiger partial charge is 0.434 e. The minimum Gasteiger partial charge on any atom is -0.370 e. The van der Waals surface area contributed by atoms with E-state index in [1.807, 2.05) is 30.3 Å². The van der Waals surface area contributed by atoms with E-state index in [4.69, 9.17) is 4.74 Å². The number of ether oxygens (including phenoxy) is 1. The Morgan fingerprint density at radius 2 is 1.80 bits per heavy atom. The van der Waals surface area contributed by atoms with Crippen molar-refractivity contribution in [2.75, 3.05) is 19.7 Å². The number of carbonyl (C=O) groups excluding carboxylic acids is 1. The number of aryl methyl sites for hydroxylation is 1. The lowest BCUT2D eigenvalue weighted by Crippen LogP contribution is -2.42. The minimum absolute atomic E-state index is 0.176. The second-order valence-corrected chi connectivity index (χ2v) is 7.12. The Kier molecular flexibility index (Phi) is 5.34. The molecule has 8 heteroatoms. The molecule has 0 N–H and O–H groups in total. The van der Waals surface area contributed by atoms with Crippen molar-refractivity contribution in [3.05, 3.63) is 83.2 Å². The summed E-state index contributed by atoms with van der Waals surface area (Å²) in [6, 6.07) is 15.9. The fourth-order valence-corrected chi connectivity index (χ4v) is 3.63. The highest BCUT2D eigenvalue weighted by Gasteiger charge is 2.42. The third-order valence-electron chi connectivity index (χ3n) is 5.14. The molecule has 30 heavy (non-hydrogen) atoms. The smallest absolute Gasteiger partial charge is 0.370 e. The zero-order chi connectivity index (χ0) is 21.3. The normalized spacial score (nSPS) is 17.2. The van der Waals surface area contributed by atoms with Gasteiger partial charge in [0, 0.05) is 6.54 Å². The lowest BCUT2D eigenvalue weighted by atomic mass is 10.1. The molecular formula is C22H20F3N3O2. The summed E-state index contributed by atoms with van der Waals surface area (Å²) in [6.07, 6.45) is -4.12. The van der Waals surface area contributed by atoms with Crippen LogP contribution in [0.25, 0.3) is 5.69 Å². The molecule has 0 spiro atoms. The average molecular weight is 415 g/mol. The van der Waals surface area contributed by atoms with Gasteiger partial charge in [-0.05, 0) is 24.1 Å². The van der Waals surface area contributed by atoms with Gasteiger partial charge in [-0.15, -0.1) is 0 Å². The molecule has 156 valence electrons. The van der Waals surface area contributed by atoms with E-state index in [1.54, 1.807) is 31.2 Å². The van der Waals surface area contributed by atoms with Crippen LogP contribution < -0.4 is 0 Å². The fraction of sp³-hybridized carbons (Fsp3) is 0.273. The van der Waals surface area contributed by atoms with E-state index in [-0.39, 0.29) is 31.5 Å². The van der Waals surface area contributed by atoms with Crippen LogP contribution in [0.15, 0.2) is 60.8 Å². The van der Waals surface area contributed by atoms with Crippen molar-refractivity contribution in [1.29, 1.82) is 0 Å². The zero-order valence-corrected chi connectivity index (χ0v) is 16.3. The summed E-state index contributed by atoms with van der Waals surface area (Å²) in [4.78, 5) is 14.5. The van der Waals surface area contributed by atoms with E-state index < -0.39 is 23.3 Å². The van der Waals surface area contributed by atoms with E-state index in [0.717, 1.165) is 16.4 Å². The molecule has 4 rings (SSSR count). The van der Waals surface area contributed by atoms with Crippen molar-refractivity contribution in [3.8, 4) is 5.69 Å². The summed E-state index contributed by atoms with van der Waals surface area (Å²) in [5.41, 5.74) is 0.263. The molecule has 2 heterocycles. The molecule has 0 aliphatic carbocycles. The molecule has 1 aliphatic heterocycles. The highest BCUT2D eigenvalue weighted by Crippen LogP contribution is 2.35. The van der Waals surface area contributed by atoms with Crippen LogP contribution >= 0.6 is 0 Å². The number of nitrogens with zero attached hydrogens (tertiary/aromatic N) is 3. The van der Waals surface area contributed by atoms with Gasteiger partial charge in [0.25, 0.3) is 5.91 Å². The zero-order valence-electron chi connectivity index (χ0n) is 16.3. The first-order valence-corrected chi connectivity index (χ1v) is 9.53. The molecule has 0 unspecified atom stereocenters. The van der Waals surface area contributed by atoms with Gasteiger partial charge < -0.3 is 9.64 Å². The molecule has 1 atom stereocenters. The van der Waals surface area contributed by atoms with E-state index in [2.05, 4.69) is 5.10 Å². The first-order valence-electron chi connectivity index (χ1n) is 9.53. The highest BCUT2D eigenvalue weighted by atomic mass is 19.4. The Morgan fingerprint density at radius 1 is 1.10 bits per heavy atom. The Morgan fingerprint density at radius 3 is 2.50 bits per heavy atom. The highest BCUT2D eigenvalue weighted by molar-refractivity contribution is 5.95. The fourth-order valence-electron chi connectivity index (χ4n) is 3.63. The predicted octanol–water partition coefficient (Wildman–Crippen LogP) is 4.41. The number of para-hydroxylation sites is 1. The monoisotopic (exact) mass is 415 g/mol. The van der Waals surface area contributed by atoms with Gasteiger partial charge in [-0.2, -0.15) is 18.3 Å². The van der Waals surface area contributed by atoms with Crippen molar-refractivity contribution in [2.24, 2.45) is 0 Å². The van der Waals surface area contributed by atoms with Crippen LogP contribution in [0.5, 0.6) is 0 Å². The second-order valence-electron chi connectivity index (χ2n) is 7.12. The first-order chi connectivity index (χ1) is 14.4. The average Bonchev–Trinajstić information content (AvgIpc) is 3.20. The van der Waals surface area contributed by atoms with E-state index >= 15 is 0 Å². The topological polar surface area (TPSA) is 47.4 Å². The van der Waals surface area contributed by atoms with Crippen molar-refractivity contribution in [2.45, 2.75) is 19.2 Å². The molecule has 5 nitrogen and oxygen atoms in total. The Balaban J connectivity index is 1.68. The molecule has 1 amide bonds. The second kappa shape index (κ2) is 7.95.